The van der Waals surface area contributed by atoms with Crippen LogP contribution < -0.4 is 0 Å². The van der Waals surface area contributed by atoms with Crippen molar-refractivity contribution in [3.8, 4) is 11.5 Å². The number of nitrogens with zero attached hydrogens (tertiary/aromatic N) is 3. The number of benzene rings is 2. The molecule has 2 rings (SSSR count). The number of hydrogen-bond acceptors (Lipinski definition) is 7. The topological polar surface area (TPSA) is 152 Å². The minimum Gasteiger partial charge on any atom is -0.506 e. The Morgan fingerprint density at radius 1 is 0.867 bits per heavy atom. The van der Waals surface area contributed by atoms with Gasteiger partial charge in [-0.25, -0.2) is 14.6 Å². The zero-order chi connectivity index (χ0) is 20.7. The van der Waals surface area contributed by atoms with E-state index in [1.165, 1.54) is 48.8 Å². The van der Waals surface area contributed by atoms with Gasteiger partial charge in [-0.15, -0.1) is 5.10 Å². The van der Waals surface area contributed by atoms with E-state index < -0.39 is 23.4 Å². The van der Waals surface area contributed by atoms with E-state index >= 15 is 0 Å². The van der Waals surface area contributed by atoms with Crippen LogP contribution in [0.5, 0.6) is 11.5 Å². The third-order valence-electron chi connectivity index (χ3n) is 3.43. The van der Waals surface area contributed by atoms with Crippen LogP contribution in [0.4, 0.5) is 0 Å². The van der Waals surface area contributed by atoms with Crippen LogP contribution in [-0.2, 0) is 34.1 Å². The first-order valence-electron chi connectivity index (χ1n) is 7.64. The molecular formula is C18H15Cu2N3O6S. The van der Waals surface area contributed by atoms with Crippen molar-refractivity contribution in [1.82, 2.24) is 0 Å². The maximum atomic E-state index is 11.0. The second-order valence-corrected chi connectivity index (χ2v) is 5.96. The molecule has 0 unspecified atom stereocenters. The molecule has 30 heavy (non-hydrogen) atoms. The summed E-state index contributed by atoms with van der Waals surface area (Å²) in [5.74, 6) is -3.38. The molecule has 0 heterocycles. The number of carboxylic acid groups (broad SMARTS) is 2. The molecule has 2 radical (unpaired) electrons. The summed E-state index contributed by atoms with van der Waals surface area (Å²) in [4.78, 5) is 26.1. The van der Waals surface area contributed by atoms with Crippen molar-refractivity contribution in [2.75, 3.05) is 6.26 Å². The minimum absolute atomic E-state index is 0. The quantitative estimate of drug-likeness (QED) is 0.202. The molecule has 166 valence electrons. The summed E-state index contributed by atoms with van der Waals surface area (Å²) in [6.45, 7) is 0. The van der Waals surface area contributed by atoms with Crippen molar-refractivity contribution in [2.45, 2.75) is 0 Å². The average molecular weight is 528 g/mol. The maximum absolute atomic E-state index is 11.0. The van der Waals surface area contributed by atoms with Gasteiger partial charge in [0.05, 0.1) is 6.21 Å². The number of phenols is 2. The van der Waals surface area contributed by atoms with E-state index in [1.54, 1.807) is 6.26 Å². The fourth-order valence-corrected chi connectivity index (χ4v) is 2.35. The van der Waals surface area contributed by atoms with Gasteiger partial charge in [-0.3, -0.25) is 0 Å². The molecule has 0 aliphatic heterocycles. The minimum atomic E-state index is -1.27. The van der Waals surface area contributed by atoms with Crippen LogP contribution in [0.15, 0.2) is 51.6 Å². The average Bonchev–Trinajstić information content (AvgIpc) is 2.66. The van der Waals surface area contributed by atoms with E-state index in [2.05, 4.69) is 15.2 Å². The fraction of sp³-hybridized carbons (Fsp3) is 0.0556. The van der Waals surface area contributed by atoms with Gasteiger partial charge in [-0.05, 0) is 30.5 Å². The fourth-order valence-electron chi connectivity index (χ4n) is 2.06. The molecule has 2 aromatic rings. The third-order valence-corrected chi connectivity index (χ3v) is 3.98. The number of amidine groups is 1. The predicted octanol–water partition coefficient (Wildman–Crippen LogP) is 2.66. The summed E-state index contributed by atoms with van der Waals surface area (Å²) < 4.78 is 0. The van der Waals surface area contributed by atoms with Gasteiger partial charge in [-0.2, -0.15) is 5.10 Å². The van der Waals surface area contributed by atoms with E-state index in [0.29, 0.717) is 0 Å². The van der Waals surface area contributed by atoms with Crippen LogP contribution in [0.2, 0.25) is 0 Å². The van der Waals surface area contributed by atoms with E-state index in [9.17, 15) is 19.8 Å². The molecule has 4 N–H and O–H groups in total. The van der Waals surface area contributed by atoms with Gasteiger partial charge in [0.1, 0.15) is 22.6 Å². The summed E-state index contributed by atoms with van der Waals surface area (Å²) in [5.41, 5.74) is -0.152. The van der Waals surface area contributed by atoms with E-state index in [0.717, 1.165) is 11.8 Å². The Labute approximate surface area is 196 Å². The number of para-hydroxylation sites is 2. The van der Waals surface area contributed by atoms with Crippen LogP contribution in [0.3, 0.4) is 0 Å². The summed E-state index contributed by atoms with van der Waals surface area (Å²) in [6.07, 6.45) is 4.10. The van der Waals surface area contributed by atoms with Crippen LogP contribution in [0, 0.1) is 0 Å². The Kier molecular flexibility index (Phi) is 11.7. The third kappa shape index (κ3) is 7.01. The number of aliphatic imine (C=N–C) groups is 1. The van der Waals surface area contributed by atoms with Crippen molar-refractivity contribution in [1.29, 1.82) is 0 Å². The van der Waals surface area contributed by atoms with Gasteiger partial charge in [-0.1, -0.05) is 23.9 Å². The molecule has 0 aliphatic carbocycles. The molecule has 9 nitrogen and oxygen atoms in total. The Balaban J connectivity index is 0.00000420. The maximum Gasteiger partial charge on any atom is 0.339 e. The second-order valence-electron chi connectivity index (χ2n) is 5.19. The van der Waals surface area contributed by atoms with Crippen molar-refractivity contribution in [3.05, 3.63) is 58.7 Å². The second kappa shape index (κ2) is 12.8. The SMILES string of the molecule is CSC(N=Cc1cccc(C(=O)O)c1O)=NN=Cc1cccc(C(=O)O)c1O.[Cu].[Cu]. The van der Waals surface area contributed by atoms with E-state index in [-0.39, 0.29) is 61.6 Å². The molecule has 0 amide bonds. The molecule has 0 spiro atoms. The Hall–Kier alpha value is -2.62. The number of aromatic carboxylic acids is 2. The zero-order valence-electron chi connectivity index (χ0n) is 15.1. The molecule has 2 aromatic carbocycles. The predicted molar refractivity (Wildman–Crippen MR) is 106 cm³/mol. The number of hydrogen-bond donors (Lipinski definition) is 4. The molecule has 0 saturated heterocycles. The summed E-state index contributed by atoms with van der Waals surface area (Å²) in [6, 6.07) is 8.41. The number of thioether (sulfide) groups is 1. The van der Waals surface area contributed by atoms with Gasteiger partial charge in [0.2, 0.25) is 5.17 Å². The van der Waals surface area contributed by atoms with Crippen LogP contribution in [0.1, 0.15) is 31.8 Å². The van der Waals surface area contributed by atoms with Crippen molar-refractivity contribution in [2.24, 2.45) is 15.2 Å². The standard InChI is InChI=1S/C18H15N3O6S.2Cu/c1-28-18(19-8-10-4-2-6-12(14(10)22)16(24)25)21-20-9-11-5-3-7-13(15(11)23)17(26)27;;/h2-9,22-23H,1H3,(H,24,25)(H,26,27);;. The molecular weight excluding hydrogens is 513 g/mol. The molecule has 12 heteroatoms. The number of aromatic hydroxyl groups is 2. The van der Waals surface area contributed by atoms with Crippen molar-refractivity contribution >= 4 is 41.3 Å². The molecule has 0 aromatic heterocycles. The summed E-state index contributed by atoms with van der Waals surface area (Å²) in [5, 5.41) is 45.6. The first kappa shape index (κ1) is 27.4. The van der Waals surface area contributed by atoms with Crippen LogP contribution in [-0.4, -0.2) is 56.2 Å². The van der Waals surface area contributed by atoms with Crippen molar-refractivity contribution < 1.29 is 64.2 Å². The van der Waals surface area contributed by atoms with Crippen LogP contribution >= 0.6 is 11.8 Å². The Bertz CT molecular complexity index is 1010. The van der Waals surface area contributed by atoms with E-state index in [1.807, 2.05) is 0 Å². The van der Waals surface area contributed by atoms with Crippen molar-refractivity contribution in [3.63, 3.8) is 0 Å². The number of carbonyl (C=O) groups is 2. The normalized spacial score (nSPS) is 11.2. The molecule has 0 bridgehead atoms. The van der Waals surface area contributed by atoms with Crippen LogP contribution in [0.25, 0.3) is 0 Å². The first-order valence-corrected chi connectivity index (χ1v) is 8.87. The first-order chi connectivity index (χ1) is 13.3. The van der Waals surface area contributed by atoms with Gasteiger partial charge in [0, 0.05) is 51.5 Å². The van der Waals surface area contributed by atoms with Gasteiger partial charge in [0.15, 0.2) is 0 Å². The van der Waals surface area contributed by atoms with Gasteiger partial charge in [0.25, 0.3) is 0 Å². The molecule has 0 atom stereocenters. The number of carboxylic acids is 2. The monoisotopic (exact) mass is 527 g/mol. The Morgan fingerprint density at radius 2 is 1.33 bits per heavy atom. The van der Waals surface area contributed by atoms with E-state index in [4.69, 9.17) is 10.2 Å². The number of rotatable bonds is 5. The molecule has 0 fully saturated rings. The van der Waals surface area contributed by atoms with Gasteiger partial charge >= 0.3 is 11.9 Å². The summed E-state index contributed by atoms with van der Waals surface area (Å²) in [7, 11) is 0. The zero-order valence-corrected chi connectivity index (χ0v) is 17.8. The Morgan fingerprint density at radius 3 is 1.77 bits per heavy atom. The largest absolute Gasteiger partial charge is 0.506 e. The molecule has 0 saturated carbocycles. The summed E-state index contributed by atoms with van der Waals surface area (Å²) >= 11 is 1.14. The smallest absolute Gasteiger partial charge is 0.339 e. The molecule has 0 aliphatic rings. The van der Waals surface area contributed by atoms with Gasteiger partial charge < -0.3 is 20.4 Å².